The van der Waals surface area contributed by atoms with E-state index in [2.05, 4.69) is 15.0 Å². The van der Waals surface area contributed by atoms with Crippen LogP contribution in [0, 0.1) is 0 Å². The number of carboxylic acid groups (broad SMARTS) is 1. The van der Waals surface area contributed by atoms with E-state index in [0.717, 1.165) is 38.3 Å². The van der Waals surface area contributed by atoms with E-state index in [4.69, 9.17) is 9.84 Å². The number of ether oxygens (including phenoxy) is 1. The van der Waals surface area contributed by atoms with Crippen LogP contribution in [0.4, 0.5) is 0 Å². The van der Waals surface area contributed by atoms with Crippen molar-refractivity contribution in [2.75, 3.05) is 13.3 Å². The van der Waals surface area contributed by atoms with Crippen LogP contribution >= 0.6 is 11.3 Å². The number of nitrogens with zero attached hydrogens (tertiary/aromatic N) is 3. The Bertz CT molecular complexity index is 1610. The van der Waals surface area contributed by atoms with Crippen molar-refractivity contribution in [2.24, 2.45) is 0 Å². The highest BCUT2D eigenvalue weighted by Crippen LogP contribution is 2.41. The molecule has 1 saturated heterocycles. The van der Waals surface area contributed by atoms with Crippen molar-refractivity contribution >= 4 is 44.0 Å². The maximum absolute atomic E-state index is 12.3. The first kappa shape index (κ1) is 24.9. The number of H-pyrrole nitrogens is 1. The van der Waals surface area contributed by atoms with Crippen LogP contribution in [-0.4, -0.2) is 58.6 Å². The fraction of sp³-hybridized carbons (Fsp3) is 0.280. The van der Waals surface area contributed by atoms with Gasteiger partial charge < -0.3 is 19.7 Å². The van der Waals surface area contributed by atoms with Crippen LogP contribution in [0.3, 0.4) is 0 Å². The maximum atomic E-state index is 12.3. The van der Waals surface area contributed by atoms with Crippen LogP contribution < -0.4 is 4.74 Å². The highest BCUT2D eigenvalue weighted by molar-refractivity contribution is 7.90. The zero-order valence-corrected chi connectivity index (χ0v) is 21.7. The van der Waals surface area contributed by atoms with Gasteiger partial charge in [-0.25, -0.2) is 18.4 Å². The average Bonchev–Trinajstić information content (AvgIpc) is 3.56. The second kappa shape index (κ2) is 9.60. The van der Waals surface area contributed by atoms with Gasteiger partial charge in [0.25, 0.3) is 0 Å². The maximum Gasteiger partial charge on any atom is 0.303 e. The van der Waals surface area contributed by atoms with E-state index >= 15 is 0 Å². The molecule has 192 valence electrons. The summed E-state index contributed by atoms with van der Waals surface area (Å²) in [5.74, 6) is 0.120. The summed E-state index contributed by atoms with van der Waals surface area (Å²) in [6.07, 6.45) is 5.71. The van der Waals surface area contributed by atoms with Crippen LogP contribution in [-0.2, 0) is 25.8 Å². The number of carbonyl (C=O) groups excluding carboxylic acids is 1. The molecule has 1 unspecified atom stereocenters. The molecule has 1 fully saturated rings. The van der Waals surface area contributed by atoms with Gasteiger partial charge in [0, 0.05) is 47.3 Å². The summed E-state index contributed by atoms with van der Waals surface area (Å²) in [4.78, 5) is 37.6. The molecule has 0 spiro atoms. The number of aromatic amines is 1. The molecule has 1 amide bonds. The molecule has 10 nitrogen and oxygen atoms in total. The summed E-state index contributed by atoms with van der Waals surface area (Å²) in [7, 11) is -1.67. The van der Waals surface area contributed by atoms with Gasteiger partial charge in [0.05, 0.1) is 24.4 Å². The third kappa shape index (κ3) is 5.20. The normalized spacial score (nSPS) is 16.0. The van der Waals surface area contributed by atoms with Crippen molar-refractivity contribution in [3.63, 3.8) is 0 Å². The number of likely N-dealkylation sites (tertiary alicyclic amines) is 1. The lowest BCUT2D eigenvalue weighted by Gasteiger charge is -2.23. The first-order valence-corrected chi connectivity index (χ1v) is 14.2. The highest BCUT2D eigenvalue weighted by Gasteiger charge is 2.31. The zero-order chi connectivity index (χ0) is 26.3. The molecule has 0 bridgehead atoms. The van der Waals surface area contributed by atoms with Gasteiger partial charge >= 0.3 is 5.97 Å². The number of sulfone groups is 1. The Morgan fingerprint density at radius 2 is 2.05 bits per heavy atom. The molecule has 12 heteroatoms. The minimum Gasteiger partial charge on any atom is -0.481 e. The standard InChI is InChI=1S/C25H24N4O6S2/c1-29-20(5-7-23(29)30)17-11-18-14(9-19(28-18)25-27-13-16(36-25)4-8-24(31)32)10-21(17)35-15-3-6-22(26-12-15)37(2,33)34/h3,6,9-13,20,28H,4-5,7-8H2,1-2H3,(H,31,32). The Balaban J connectivity index is 1.52. The van der Waals surface area contributed by atoms with Crippen LogP contribution in [0.5, 0.6) is 11.5 Å². The van der Waals surface area contributed by atoms with E-state index in [1.807, 2.05) is 18.2 Å². The molecule has 2 N–H and O–H groups in total. The quantitative estimate of drug-likeness (QED) is 0.339. The number of hydrogen-bond donors (Lipinski definition) is 2. The summed E-state index contributed by atoms with van der Waals surface area (Å²) in [6.45, 7) is 0. The van der Waals surface area contributed by atoms with E-state index in [-0.39, 0.29) is 23.4 Å². The molecule has 5 rings (SSSR count). The second-order valence-electron chi connectivity index (χ2n) is 8.95. The van der Waals surface area contributed by atoms with Crippen molar-refractivity contribution in [1.82, 2.24) is 19.9 Å². The minimum absolute atomic E-state index is 0.0434. The Morgan fingerprint density at radius 3 is 2.70 bits per heavy atom. The summed E-state index contributed by atoms with van der Waals surface area (Å²) < 4.78 is 29.7. The number of carboxylic acids is 1. The summed E-state index contributed by atoms with van der Waals surface area (Å²) >= 11 is 1.44. The van der Waals surface area contributed by atoms with E-state index in [0.29, 0.717) is 30.8 Å². The molecule has 4 heterocycles. The topological polar surface area (TPSA) is 143 Å². The highest BCUT2D eigenvalue weighted by atomic mass is 32.2. The van der Waals surface area contributed by atoms with Gasteiger partial charge in [0.2, 0.25) is 5.91 Å². The summed E-state index contributed by atoms with van der Waals surface area (Å²) in [5.41, 5.74) is 2.46. The third-order valence-corrected chi connectivity index (χ3v) is 8.38. The Kier molecular flexibility index (Phi) is 6.46. The molecule has 0 aliphatic carbocycles. The Morgan fingerprint density at radius 1 is 1.24 bits per heavy atom. The number of thiazole rings is 1. The largest absolute Gasteiger partial charge is 0.481 e. The lowest BCUT2D eigenvalue weighted by molar-refractivity contribution is -0.137. The number of hydrogen-bond acceptors (Lipinski definition) is 8. The van der Waals surface area contributed by atoms with Gasteiger partial charge in [-0.15, -0.1) is 11.3 Å². The molecule has 1 aliphatic rings. The van der Waals surface area contributed by atoms with E-state index in [1.54, 1.807) is 24.2 Å². The SMILES string of the molecule is CN1C(=O)CCC1c1cc2[nH]c(-c3ncc(CCC(=O)O)s3)cc2cc1Oc1ccc(S(C)(=O)=O)nc1. The Labute approximate surface area is 216 Å². The fourth-order valence-corrected chi connectivity index (χ4v) is 5.80. The second-order valence-corrected chi connectivity index (χ2v) is 12.0. The number of fused-ring (bicyclic) bond motifs is 1. The third-order valence-electron chi connectivity index (χ3n) is 6.29. The molecule has 1 aliphatic heterocycles. The molecule has 1 aromatic carbocycles. The molecule has 4 aromatic rings. The number of aliphatic carboxylic acids is 1. The van der Waals surface area contributed by atoms with Crippen LogP contribution in [0.2, 0.25) is 0 Å². The zero-order valence-electron chi connectivity index (χ0n) is 20.1. The number of aryl methyl sites for hydroxylation is 1. The van der Waals surface area contributed by atoms with Gasteiger partial charge in [-0.2, -0.15) is 0 Å². The van der Waals surface area contributed by atoms with Crippen molar-refractivity contribution in [1.29, 1.82) is 0 Å². The monoisotopic (exact) mass is 540 g/mol. The molecule has 1 atom stereocenters. The van der Waals surface area contributed by atoms with E-state index in [1.165, 1.54) is 23.6 Å². The first-order chi connectivity index (χ1) is 17.6. The van der Waals surface area contributed by atoms with E-state index < -0.39 is 15.8 Å². The van der Waals surface area contributed by atoms with Gasteiger partial charge in [-0.05, 0) is 43.2 Å². The first-order valence-electron chi connectivity index (χ1n) is 11.5. The number of pyridine rings is 1. The Hall–Kier alpha value is -3.77. The van der Waals surface area contributed by atoms with Crippen molar-refractivity contribution in [3.05, 3.63) is 53.2 Å². The molecular weight excluding hydrogens is 516 g/mol. The van der Waals surface area contributed by atoms with Crippen LogP contribution in [0.15, 0.2) is 47.8 Å². The van der Waals surface area contributed by atoms with Gasteiger partial charge in [-0.3, -0.25) is 9.59 Å². The number of nitrogens with one attached hydrogen (secondary N) is 1. The molecular formula is C25H24N4O6S2. The van der Waals surface area contributed by atoms with E-state index in [9.17, 15) is 18.0 Å². The number of aromatic nitrogens is 3. The molecule has 37 heavy (non-hydrogen) atoms. The average molecular weight is 541 g/mol. The van der Waals surface area contributed by atoms with Crippen molar-refractivity contribution in [3.8, 4) is 22.2 Å². The number of rotatable bonds is 8. The smallest absolute Gasteiger partial charge is 0.303 e. The molecule has 3 aromatic heterocycles. The fourth-order valence-electron chi connectivity index (χ4n) is 4.36. The predicted molar refractivity (Wildman–Crippen MR) is 138 cm³/mol. The van der Waals surface area contributed by atoms with Gasteiger partial charge in [0.1, 0.15) is 16.5 Å². The molecule has 0 saturated carbocycles. The minimum atomic E-state index is -3.43. The van der Waals surface area contributed by atoms with Crippen LogP contribution in [0.25, 0.3) is 21.6 Å². The van der Waals surface area contributed by atoms with Crippen LogP contribution in [0.1, 0.15) is 35.7 Å². The number of carbonyl (C=O) groups is 2. The van der Waals surface area contributed by atoms with Gasteiger partial charge in [-0.1, -0.05) is 0 Å². The lowest BCUT2D eigenvalue weighted by Crippen LogP contribution is -2.22. The van der Waals surface area contributed by atoms with Crippen molar-refractivity contribution < 1.29 is 27.9 Å². The number of benzene rings is 1. The summed E-state index contributed by atoms with van der Waals surface area (Å²) in [6, 6.07) is 8.56. The molecule has 0 radical (unpaired) electrons. The summed E-state index contributed by atoms with van der Waals surface area (Å²) in [5, 5.41) is 10.5. The number of amides is 1. The van der Waals surface area contributed by atoms with Gasteiger partial charge in [0.15, 0.2) is 14.9 Å². The van der Waals surface area contributed by atoms with Crippen molar-refractivity contribution in [2.45, 2.75) is 36.8 Å². The lowest BCUT2D eigenvalue weighted by atomic mass is 10.0. The predicted octanol–water partition coefficient (Wildman–Crippen LogP) is 4.19.